The zero-order chi connectivity index (χ0) is 8.43. The minimum atomic E-state index is -0.0289. The van der Waals surface area contributed by atoms with Crippen molar-refractivity contribution in [2.75, 3.05) is 0 Å². The molecule has 0 spiro atoms. The molecule has 1 saturated carbocycles. The molecule has 0 heterocycles. The third-order valence-electron chi connectivity index (χ3n) is 2.99. The third-order valence-corrected chi connectivity index (χ3v) is 2.99. The second-order valence-electron chi connectivity index (χ2n) is 4.39. The first-order valence-corrected chi connectivity index (χ1v) is 4.79. The summed E-state index contributed by atoms with van der Waals surface area (Å²) < 4.78 is 0. The minimum absolute atomic E-state index is 0. The number of rotatable bonds is 1. The second kappa shape index (κ2) is 5.32. The van der Waals surface area contributed by atoms with Crippen molar-refractivity contribution in [1.82, 2.24) is 0 Å². The fourth-order valence-corrected chi connectivity index (χ4v) is 2.15. The summed E-state index contributed by atoms with van der Waals surface area (Å²) in [6.45, 7) is 6.66. The van der Waals surface area contributed by atoms with E-state index in [1.807, 2.05) is 0 Å². The van der Waals surface area contributed by atoms with Crippen LogP contribution < -0.4 is 0 Å². The molecular weight excluding hydrogens is 143 g/mol. The van der Waals surface area contributed by atoms with E-state index in [1.54, 1.807) is 0 Å². The Bertz CT molecular complexity index is 125. The molecule has 0 aromatic rings. The van der Waals surface area contributed by atoms with E-state index in [-0.39, 0.29) is 25.0 Å². The topological polar surface area (TPSA) is 20.2 Å². The first-order valence-electron chi connectivity index (χ1n) is 4.79. The van der Waals surface area contributed by atoms with E-state index in [1.165, 1.54) is 12.8 Å². The Morgan fingerprint density at radius 2 is 1.83 bits per heavy atom. The Labute approximate surface area is 88.1 Å². The van der Waals surface area contributed by atoms with Gasteiger partial charge in [-0.15, -0.1) is 0 Å². The van der Waals surface area contributed by atoms with Gasteiger partial charge in [-0.3, -0.25) is 0 Å². The Morgan fingerprint density at radius 3 is 2.25 bits per heavy atom. The van der Waals surface area contributed by atoms with Gasteiger partial charge in [-0.25, -0.2) is 0 Å². The standard InChI is InChI=1S/C10H20O.Li.H/c1-7(2)9-5-4-8(3)6-10(9)11;;/h7-11H,4-6H2,1-3H3;;/t8-,9+,10-;;/m1../s1. The van der Waals surface area contributed by atoms with E-state index < -0.39 is 0 Å². The van der Waals surface area contributed by atoms with Crippen LogP contribution in [0, 0.1) is 17.8 Å². The average Bonchev–Trinajstić information content (AvgIpc) is 1.85. The molecule has 0 aromatic carbocycles. The number of hydrogen-bond donors (Lipinski definition) is 1. The molecule has 0 aliphatic heterocycles. The second-order valence-corrected chi connectivity index (χ2v) is 4.39. The van der Waals surface area contributed by atoms with Crippen molar-refractivity contribution >= 4 is 18.9 Å². The molecule has 1 fully saturated rings. The van der Waals surface area contributed by atoms with E-state index in [0.29, 0.717) is 11.8 Å². The quantitative estimate of drug-likeness (QED) is 0.586. The van der Waals surface area contributed by atoms with Crippen LogP contribution in [-0.4, -0.2) is 30.1 Å². The molecule has 2 heteroatoms. The van der Waals surface area contributed by atoms with Crippen LogP contribution in [0.4, 0.5) is 0 Å². The summed E-state index contributed by atoms with van der Waals surface area (Å²) in [5, 5.41) is 9.71. The summed E-state index contributed by atoms with van der Waals surface area (Å²) >= 11 is 0. The predicted molar refractivity (Wildman–Crippen MR) is 54.5 cm³/mol. The number of aliphatic hydroxyl groups is 1. The third kappa shape index (κ3) is 3.13. The fourth-order valence-electron chi connectivity index (χ4n) is 2.15. The molecular formula is C10H21LiO. The van der Waals surface area contributed by atoms with Crippen molar-refractivity contribution in [3.05, 3.63) is 0 Å². The number of hydrogen-bond acceptors (Lipinski definition) is 1. The van der Waals surface area contributed by atoms with E-state index in [9.17, 15) is 5.11 Å². The van der Waals surface area contributed by atoms with Crippen molar-refractivity contribution in [3.63, 3.8) is 0 Å². The van der Waals surface area contributed by atoms with Gasteiger partial charge in [0, 0.05) is 0 Å². The van der Waals surface area contributed by atoms with Crippen LogP contribution in [0.15, 0.2) is 0 Å². The Hall–Kier alpha value is 0.557. The maximum absolute atomic E-state index is 9.71. The summed E-state index contributed by atoms with van der Waals surface area (Å²) in [6, 6.07) is 0. The molecule has 0 aromatic heterocycles. The molecule has 1 nitrogen and oxygen atoms in total. The van der Waals surface area contributed by atoms with Crippen molar-refractivity contribution in [1.29, 1.82) is 0 Å². The van der Waals surface area contributed by atoms with Crippen LogP contribution in [0.1, 0.15) is 40.0 Å². The van der Waals surface area contributed by atoms with E-state index in [0.717, 1.165) is 12.3 Å². The van der Waals surface area contributed by atoms with E-state index in [4.69, 9.17) is 0 Å². The summed E-state index contributed by atoms with van der Waals surface area (Å²) in [7, 11) is 0. The van der Waals surface area contributed by atoms with Crippen LogP contribution in [0.25, 0.3) is 0 Å². The monoisotopic (exact) mass is 164 g/mol. The summed E-state index contributed by atoms with van der Waals surface area (Å²) in [6.07, 6.45) is 3.52. The van der Waals surface area contributed by atoms with Crippen LogP contribution in [-0.2, 0) is 0 Å². The van der Waals surface area contributed by atoms with E-state index >= 15 is 0 Å². The zero-order valence-electron chi connectivity index (χ0n) is 7.88. The van der Waals surface area contributed by atoms with Crippen LogP contribution in [0.2, 0.25) is 0 Å². The molecule has 3 atom stereocenters. The van der Waals surface area contributed by atoms with Crippen LogP contribution in [0.5, 0.6) is 0 Å². The van der Waals surface area contributed by atoms with Crippen molar-refractivity contribution in [2.24, 2.45) is 17.8 Å². The van der Waals surface area contributed by atoms with Gasteiger partial charge in [-0.1, -0.05) is 27.2 Å². The van der Waals surface area contributed by atoms with Crippen molar-refractivity contribution in [3.8, 4) is 0 Å². The van der Waals surface area contributed by atoms with Crippen LogP contribution >= 0.6 is 0 Å². The molecule has 0 saturated heterocycles. The number of aliphatic hydroxyl groups excluding tert-OH is 1. The van der Waals surface area contributed by atoms with Gasteiger partial charge in [0.1, 0.15) is 0 Å². The molecule has 0 amide bonds. The van der Waals surface area contributed by atoms with Gasteiger partial charge >= 0.3 is 18.9 Å². The predicted octanol–water partition coefficient (Wildman–Crippen LogP) is 1.79. The molecule has 12 heavy (non-hydrogen) atoms. The van der Waals surface area contributed by atoms with E-state index in [2.05, 4.69) is 20.8 Å². The van der Waals surface area contributed by atoms with Gasteiger partial charge in [0.15, 0.2) is 0 Å². The normalized spacial score (nSPS) is 36.2. The van der Waals surface area contributed by atoms with Gasteiger partial charge in [-0.2, -0.15) is 0 Å². The van der Waals surface area contributed by atoms with Crippen LogP contribution in [0.3, 0.4) is 0 Å². The maximum atomic E-state index is 9.71. The SMILES string of the molecule is CC(C)[C@@H]1CC[C@@H](C)C[C@H]1O.[LiH]. The molecule has 68 valence electrons. The van der Waals surface area contributed by atoms with Gasteiger partial charge in [0.05, 0.1) is 6.10 Å². The molecule has 1 rings (SSSR count). The summed E-state index contributed by atoms with van der Waals surface area (Å²) in [5.41, 5.74) is 0. The fraction of sp³-hybridized carbons (Fsp3) is 1.00. The summed E-state index contributed by atoms with van der Waals surface area (Å²) in [4.78, 5) is 0. The first kappa shape index (κ1) is 12.6. The Kier molecular flexibility index (Phi) is 5.57. The van der Waals surface area contributed by atoms with Gasteiger partial charge in [-0.05, 0) is 30.6 Å². The van der Waals surface area contributed by atoms with Gasteiger partial charge < -0.3 is 5.11 Å². The molecule has 1 N–H and O–H groups in total. The molecule has 1 aliphatic rings. The van der Waals surface area contributed by atoms with Gasteiger partial charge in [0.2, 0.25) is 0 Å². The molecule has 0 unspecified atom stereocenters. The first-order chi connectivity index (χ1) is 5.11. The Morgan fingerprint density at radius 1 is 1.25 bits per heavy atom. The average molecular weight is 164 g/mol. The summed E-state index contributed by atoms with van der Waals surface area (Å²) in [5.74, 6) is 1.95. The van der Waals surface area contributed by atoms with Gasteiger partial charge in [0.25, 0.3) is 0 Å². The van der Waals surface area contributed by atoms with Crippen molar-refractivity contribution < 1.29 is 5.11 Å². The van der Waals surface area contributed by atoms with Crippen molar-refractivity contribution in [2.45, 2.75) is 46.1 Å². The molecule has 0 bridgehead atoms. The Balaban J connectivity index is 0.00000121. The zero-order valence-corrected chi connectivity index (χ0v) is 7.88. The molecule has 1 aliphatic carbocycles. The molecule has 0 radical (unpaired) electrons.